The van der Waals surface area contributed by atoms with Crippen LogP contribution in [0.25, 0.3) is 10.6 Å². The molecule has 1 fully saturated rings. The first kappa shape index (κ1) is 18.3. The summed E-state index contributed by atoms with van der Waals surface area (Å²) in [6.07, 6.45) is 0. The molecule has 3 aromatic rings. The van der Waals surface area contributed by atoms with Crippen LogP contribution in [0.3, 0.4) is 0 Å². The number of halogens is 2. The van der Waals surface area contributed by atoms with Gasteiger partial charge in [-0.25, -0.2) is 13.6 Å². The number of carbonyl (C=O) groups is 1. The van der Waals surface area contributed by atoms with Crippen molar-refractivity contribution in [3.05, 3.63) is 59.5 Å². The smallest absolute Gasteiger partial charge is 0.322 e. The zero-order chi connectivity index (χ0) is 19.5. The van der Waals surface area contributed by atoms with Crippen LogP contribution in [-0.2, 0) is 0 Å². The van der Waals surface area contributed by atoms with Crippen LogP contribution in [0.2, 0.25) is 0 Å². The van der Waals surface area contributed by atoms with Crippen LogP contribution in [-0.4, -0.2) is 47.3 Å². The number of hydrogen-bond acceptors (Lipinski definition) is 5. The van der Waals surface area contributed by atoms with Crippen molar-refractivity contribution in [3.63, 3.8) is 0 Å². The molecule has 2 aromatic heterocycles. The monoisotopic (exact) mass is 401 g/mol. The van der Waals surface area contributed by atoms with E-state index in [0.29, 0.717) is 26.2 Å². The number of nitrogens with one attached hydrogen (secondary N) is 1. The summed E-state index contributed by atoms with van der Waals surface area (Å²) in [5.74, 6) is -0.728. The predicted molar refractivity (Wildman–Crippen MR) is 105 cm³/mol. The number of anilines is 2. The summed E-state index contributed by atoms with van der Waals surface area (Å²) in [6.45, 7) is 2.10. The van der Waals surface area contributed by atoms with Crippen molar-refractivity contribution in [1.29, 1.82) is 0 Å². The minimum absolute atomic E-state index is 0.0381. The van der Waals surface area contributed by atoms with Crippen LogP contribution in [0.1, 0.15) is 0 Å². The second-order valence-corrected chi connectivity index (χ2v) is 7.23. The lowest BCUT2D eigenvalue weighted by Gasteiger charge is -2.35. The maximum atomic E-state index is 13.7. The van der Waals surface area contributed by atoms with Crippen molar-refractivity contribution < 1.29 is 13.6 Å². The number of amides is 2. The summed E-state index contributed by atoms with van der Waals surface area (Å²) in [5.41, 5.74) is 0.793. The van der Waals surface area contributed by atoms with Crippen molar-refractivity contribution in [2.24, 2.45) is 0 Å². The Morgan fingerprint density at radius 2 is 1.86 bits per heavy atom. The van der Waals surface area contributed by atoms with Gasteiger partial charge in [0.05, 0.1) is 10.6 Å². The van der Waals surface area contributed by atoms with Gasteiger partial charge >= 0.3 is 6.03 Å². The van der Waals surface area contributed by atoms with Gasteiger partial charge in [0.25, 0.3) is 0 Å². The highest BCUT2D eigenvalue weighted by molar-refractivity contribution is 7.13. The number of carbonyl (C=O) groups excluding carboxylic acids is 1. The summed E-state index contributed by atoms with van der Waals surface area (Å²) in [4.78, 5) is 17.0. The minimum Gasteiger partial charge on any atom is -0.352 e. The van der Waals surface area contributed by atoms with E-state index in [1.54, 1.807) is 16.2 Å². The second kappa shape index (κ2) is 7.89. The quantitative estimate of drug-likeness (QED) is 0.725. The van der Waals surface area contributed by atoms with E-state index < -0.39 is 17.7 Å². The molecular formula is C19H17F2N5OS. The molecule has 3 heterocycles. The maximum Gasteiger partial charge on any atom is 0.322 e. The van der Waals surface area contributed by atoms with Crippen LogP contribution < -0.4 is 10.2 Å². The number of urea groups is 1. The van der Waals surface area contributed by atoms with E-state index in [2.05, 4.69) is 15.5 Å². The zero-order valence-corrected chi connectivity index (χ0v) is 15.6. The molecule has 0 aliphatic carbocycles. The molecule has 28 heavy (non-hydrogen) atoms. The third-order valence-corrected chi connectivity index (χ3v) is 5.38. The Morgan fingerprint density at radius 1 is 1.04 bits per heavy atom. The Hall–Kier alpha value is -3.07. The molecule has 0 unspecified atom stereocenters. The molecule has 4 rings (SSSR count). The summed E-state index contributed by atoms with van der Waals surface area (Å²) >= 11 is 1.61. The molecule has 144 valence electrons. The molecule has 1 N–H and O–H groups in total. The zero-order valence-electron chi connectivity index (χ0n) is 14.8. The van der Waals surface area contributed by atoms with E-state index in [-0.39, 0.29) is 5.69 Å². The van der Waals surface area contributed by atoms with Crippen LogP contribution in [0.5, 0.6) is 0 Å². The predicted octanol–water partition coefficient (Wildman–Crippen LogP) is 3.84. The topological polar surface area (TPSA) is 61.4 Å². The van der Waals surface area contributed by atoms with Gasteiger partial charge in [-0.1, -0.05) is 6.07 Å². The molecule has 0 atom stereocenters. The number of nitrogens with zero attached hydrogens (tertiary/aromatic N) is 4. The van der Waals surface area contributed by atoms with Gasteiger partial charge in [-0.05, 0) is 35.7 Å². The first-order chi connectivity index (χ1) is 13.6. The highest BCUT2D eigenvalue weighted by Gasteiger charge is 2.23. The summed E-state index contributed by atoms with van der Waals surface area (Å²) in [6, 6.07) is 10.5. The van der Waals surface area contributed by atoms with Crippen LogP contribution >= 0.6 is 11.3 Å². The number of hydrogen-bond donors (Lipinski definition) is 1. The van der Waals surface area contributed by atoms with Gasteiger partial charge in [-0.15, -0.1) is 21.5 Å². The molecule has 1 aliphatic heterocycles. The second-order valence-electron chi connectivity index (χ2n) is 6.28. The Bertz CT molecular complexity index is 957. The molecule has 0 bridgehead atoms. The fourth-order valence-corrected chi connectivity index (χ4v) is 3.66. The molecule has 0 radical (unpaired) electrons. The molecule has 0 spiro atoms. The standard InChI is InChI=1S/C19H17F2N5OS/c20-13-3-4-15(14(21)12-13)22-19(27)26-9-7-25(8-10-26)18-6-5-16(23-24-18)17-2-1-11-28-17/h1-6,11-12H,7-10H2,(H,22,27). The fourth-order valence-electron chi connectivity index (χ4n) is 2.97. The van der Waals surface area contributed by atoms with Crippen molar-refractivity contribution in [3.8, 4) is 10.6 Å². The minimum atomic E-state index is -0.798. The number of thiophene rings is 1. The largest absolute Gasteiger partial charge is 0.352 e. The van der Waals surface area contributed by atoms with Crippen molar-refractivity contribution in [1.82, 2.24) is 15.1 Å². The first-order valence-electron chi connectivity index (χ1n) is 8.74. The first-order valence-corrected chi connectivity index (χ1v) is 9.61. The van der Waals surface area contributed by atoms with Gasteiger partial charge in [0.15, 0.2) is 5.82 Å². The summed E-state index contributed by atoms with van der Waals surface area (Å²) in [5, 5.41) is 13.0. The fraction of sp³-hybridized carbons (Fsp3) is 0.211. The molecule has 2 amide bonds. The molecular weight excluding hydrogens is 384 g/mol. The van der Waals surface area contributed by atoms with E-state index in [4.69, 9.17) is 0 Å². The highest BCUT2D eigenvalue weighted by Crippen LogP contribution is 2.23. The Balaban J connectivity index is 1.34. The number of piperazine rings is 1. The van der Waals surface area contributed by atoms with Crippen molar-refractivity contribution in [2.75, 3.05) is 36.4 Å². The molecule has 0 saturated carbocycles. The number of aromatic nitrogens is 2. The van der Waals surface area contributed by atoms with Crippen LogP contribution in [0.4, 0.5) is 25.1 Å². The number of rotatable bonds is 3. The van der Waals surface area contributed by atoms with E-state index >= 15 is 0 Å². The molecule has 6 nitrogen and oxygen atoms in total. The van der Waals surface area contributed by atoms with Crippen molar-refractivity contribution in [2.45, 2.75) is 0 Å². The molecule has 1 saturated heterocycles. The molecule has 1 aliphatic rings. The highest BCUT2D eigenvalue weighted by atomic mass is 32.1. The van der Waals surface area contributed by atoms with Crippen molar-refractivity contribution >= 4 is 28.9 Å². The van der Waals surface area contributed by atoms with Gasteiger partial charge in [0, 0.05) is 32.2 Å². The lowest BCUT2D eigenvalue weighted by Crippen LogP contribution is -2.50. The third-order valence-electron chi connectivity index (χ3n) is 4.49. The third kappa shape index (κ3) is 3.94. The average Bonchev–Trinajstić information content (AvgIpc) is 3.25. The van der Waals surface area contributed by atoms with Gasteiger partial charge in [0.1, 0.15) is 17.3 Å². The summed E-state index contributed by atoms with van der Waals surface area (Å²) < 4.78 is 26.7. The van der Waals surface area contributed by atoms with E-state index in [0.717, 1.165) is 28.5 Å². The lowest BCUT2D eigenvalue weighted by molar-refractivity contribution is 0.208. The van der Waals surface area contributed by atoms with Crippen LogP contribution in [0, 0.1) is 11.6 Å². The van der Waals surface area contributed by atoms with E-state index in [9.17, 15) is 13.6 Å². The normalized spacial score (nSPS) is 14.2. The average molecular weight is 401 g/mol. The molecule has 9 heteroatoms. The number of benzene rings is 1. The lowest BCUT2D eigenvalue weighted by atomic mass is 10.3. The van der Waals surface area contributed by atoms with Gasteiger partial charge in [-0.2, -0.15) is 0 Å². The molecule has 1 aromatic carbocycles. The van der Waals surface area contributed by atoms with Crippen LogP contribution in [0.15, 0.2) is 47.8 Å². The summed E-state index contributed by atoms with van der Waals surface area (Å²) in [7, 11) is 0. The van der Waals surface area contributed by atoms with Gasteiger partial charge in [0.2, 0.25) is 0 Å². The van der Waals surface area contributed by atoms with Gasteiger partial charge < -0.3 is 15.1 Å². The Kier molecular flexibility index (Phi) is 5.16. The maximum absolute atomic E-state index is 13.7. The Morgan fingerprint density at radius 3 is 2.50 bits per heavy atom. The van der Waals surface area contributed by atoms with E-state index in [1.807, 2.05) is 34.5 Å². The van der Waals surface area contributed by atoms with Gasteiger partial charge in [-0.3, -0.25) is 0 Å². The Labute approximate surface area is 164 Å². The van der Waals surface area contributed by atoms with E-state index in [1.165, 1.54) is 6.07 Å². The SMILES string of the molecule is O=C(Nc1ccc(F)cc1F)N1CCN(c2ccc(-c3cccs3)nn2)CC1.